The van der Waals surface area contributed by atoms with Crippen LogP contribution in [0.2, 0.25) is 0 Å². The molecule has 11 heteroatoms. The van der Waals surface area contributed by atoms with E-state index in [1.54, 1.807) is 17.3 Å². The molecule has 1 amide bonds. The van der Waals surface area contributed by atoms with E-state index >= 15 is 0 Å². The molecule has 2 aromatic heterocycles. The van der Waals surface area contributed by atoms with Crippen molar-refractivity contribution in [1.29, 1.82) is 5.53 Å². The molecule has 1 saturated heterocycles. The number of piperidine rings is 1. The summed E-state index contributed by atoms with van der Waals surface area (Å²) < 4.78 is 12.8. The van der Waals surface area contributed by atoms with E-state index in [0.717, 1.165) is 29.1 Å². The number of aromatic nitrogens is 4. The van der Waals surface area contributed by atoms with Crippen molar-refractivity contribution in [3.05, 3.63) is 35.1 Å². The molecule has 1 saturated carbocycles. The number of nitrogens with one attached hydrogen (secondary N) is 1. The predicted octanol–water partition coefficient (Wildman–Crippen LogP) is 5.22. The molecule has 3 aromatic rings. The van der Waals surface area contributed by atoms with Crippen molar-refractivity contribution in [1.82, 2.24) is 24.8 Å². The fourth-order valence-electron chi connectivity index (χ4n) is 4.40. The maximum Gasteiger partial charge on any atom is 0.410 e. The number of rotatable bonds is 4. The first-order chi connectivity index (χ1) is 16.2. The third-order valence-corrected chi connectivity index (χ3v) is 6.82. The van der Waals surface area contributed by atoms with Crippen LogP contribution >= 0.6 is 15.9 Å². The number of halogens is 1. The van der Waals surface area contributed by atoms with Gasteiger partial charge in [-0.1, -0.05) is 21.2 Å². The second kappa shape index (κ2) is 8.30. The van der Waals surface area contributed by atoms with Gasteiger partial charge < -0.3 is 14.4 Å². The van der Waals surface area contributed by atoms with Gasteiger partial charge in [0.25, 0.3) is 0 Å². The Hall–Kier alpha value is -3.08. The van der Waals surface area contributed by atoms with Crippen molar-refractivity contribution in [3.63, 3.8) is 0 Å². The molecule has 34 heavy (non-hydrogen) atoms. The van der Waals surface area contributed by atoms with Gasteiger partial charge in [0, 0.05) is 21.8 Å². The Bertz CT molecular complexity index is 1270. The third-order valence-electron chi connectivity index (χ3n) is 6.33. The van der Waals surface area contributed by atoms with E-state index in [-0.39, 0.29) is 17.6 Å². The second-order valence-corrected chi connectivity index (χ2v) is 10.8. The Morgan fingerprint density at radius 2 is 2.06 bits per heavy atom. The maximum atomic E-state index is 12.6. The van der Waals surface area contributed by atoms with Crippen molar-refractivity contribution in [3.8, 4) is 17.3 Å². The zero-order valence-corrected chi connectivity index (χ0v) is 20.9. The van der Waals surface area contributed by atoms with Crippen molar-refractivity contribution < 1.29 is 14.3 Å². The fraction of sp³-hybridized carbons (Fsp3) is 0.478. The summed E-state index contributed by atoms with van der Waals surface area (Å²) in [6.07, 6.45) is 5.70. The molecule has 1 aliphatic carbocycles. The zero-order valence-electron chi connectivity index (χ0n) is 19.3. The monoisotopic (exact) mass is 527 g/mol. The van der Waals surface area contributed by atoms with E-state index in [9.17, 15) is 4.79 Å². The van der Waals surface area contributed by atoms with E-state index in [4.69, 9.17) is 15.0 Å². The third kappa shape index (κ3) is 4.36. The Labute approximate surface area is 205 Å². The summed E-state index contributed by atoms with van der Waals surface area (Å²) in [5, 5.41) is 8.71. The van der Waals surface area contributed by atoms with E-state index in [0.29, 0.717) is 35.9 Å². The molecule has 1 atom stereocenters. The van der Waals surface area contributed by atoms with Crippen molar-refractivity contribution in [2.45, 2.75) is 51.7 Å². The molecule has 0 bridgehead atoms. The Kier molecular flexibility index (Phi) is 5.54. The normalized spacial score (nSPS) is 19.3. The second-order valence-electron chi connectivity index (χ2n) is 9.89. The fourth-order valence-corrected chi connectivity index (χ4v) is 4.76. The topological polar surface area (TPSA) is 119 Å². The first-order valence-electron chi connectivity index (χ1n) is 11.2. The number of hydrogen-bond acceptors (Lipinski definition) is 8. The molecule has 5 rings (SSSR count). The van der Waals surface area contributed by atoms with Gasteiger partial charge in [0.05, 0.1) is 24.5 Å². The van der Waals surface area contributed by atoms with Gasteiger partial charge in [0.2, 0.25) is 5.88 Å². The van der Waals surface area contributed by atoms with E-state index in [1.165, 1.54) is 4.79 Å². The van der Waals surface area contributed by atoms with E-state index in [1.807, 2.05) is 39.0 Å². The summed E-state index contributed by atoms with van der Waals surface area (Å²) in [5.41, 5.74) is 8.73. The molecule has 0 radical (unpaired) electrons. The molecule has 0 unspecified atom stereocenters. The van der Waals surface area contributed by atoms with Crippen LogP contribution in [0.3, 0.4) is 0 Å². The average Bonchev–Trinajstić information content (AvgIpc) is 3.46. The van der Waals surface area contributed by atoms with Crippen LogP contribution < -0.4 is 4.74 Å². The number of benzene rings is 1. The molecule has 178 valence electrons. The lowest BCUT2D eigenvalue weighted by Gasteiger charge is -2.39. The van der Waals surface area contributed by atoms with Crippen LogP contribution in [0.4, 0.5) is 4.79 Å². The minimum atomic E-state index is -0.547. The van der Waals surface area contributed by atoms with Gasteiger partial charge in [0.1, 0.15) is 23.1 Å². The summed E-state index contributed by atoms with van der Waals surface area (Å²) in [5.74, 6) is 0.375. The molecular formula is C23H26BrN7O3. The van der Waals surface area contributed by atoms with Gasteiger partial charge in [-0.05, 0) is 58.2 Å². The van der Waals surface area contributed by atoms with E-state index in [2.05, 4.69) is 36.2 Å². The quantitative estimate of drug-likeness (QED) is 0.464. The zero-order chi connectivity index (χ0) is 24.1. The largest absolute Gasteiger partial charge is 0.471 e. The first-order valence-corrected chi connectivity index (χ1v) is 12.0. The van der Waals surface area contributed by atoms with Crippen molar-refractivity contribution in [2.24, 2.45) is 10.6 Å². The highest BCUT2D eigenvalue weighted by atomic mass is 79.9. The number of fused-ring (bicyclic) bond motifs is 1. The lowest BCUT2D eigenvalue weighted by atomic mass is 9.90. The standard InChI is InChI=1S/C23H26BrN7O3/c1-22(2,3)34-21(32)30-9-8-23(6-7-23)18(13-30)33-19-12-26-11-16(27-19)20-15-10-14(24)4-5-17(15)31(28-20)29-25/h4-5,10-12,18,25H,6-9,13H2,1-3H3/t18-/m0/s1. The molecule has 3 heterocycles. The van der Waals surface area contributed by atoms with Crippen molar-refractivity contribution >= 4 is 32.9 Å². The number of nitrogens with zero attached hydrogens (tertiary/aromatic N) is 6. The lowest BCUT2D eigenvalue weighted by Crippen LogP contribution is -2.51. The number of ether oxygens (including phenoxy) is 2. The molecule has 1 aromatic carbocycles. The Morgan fingerprint density at radius 3 is 2.76 bits per heavy atom. The van der Waals surface area contributed by atoms with Gasteiger partial charge in [-0.2, -0.15) is 5.53 Å². The predicted molar refractivity (Wildman–Crippen MR) is 128 cm³/mol. The number of likely N-dealkylation sites (tertiary alicyclic amines) is 1. The molecule has 1 spiro atoms. The smallest absolute Gasteiger partial charge is 0.410 e. The highest BCUT2D eigenvalue weighted by Gasteiger charge is 2.54. The summed E-state index contributed by atoms with van der Waals surface area (Å²) in [6.45, 7) is 6.70. The Morgan fingerprint density at radius 1 is 1.26 bits per heavy atom. The van der Waals surface area contributed by atoms with Crippen LogP contribution in [-0.4, -0.2) is 55.6 Å². The van der Waals surface area contributed by atoms with Crippen LogP contribution in [0.15, 0.2) is 40.3 Å². The summed E-state index contributed by atoms with van der Waals surface area (Å²) in [4.78, 5) is 24.6. The SMILES string of the molecule is CC(C)(C)OC(=O)N1CCC2(CC2)[C@@H](Oc2cncc(-c3nn(N=N)c4ccc(Br)cc34)n2)C1. The van der Waals surface area contributed by atoms with Crippen LogP contribution in [0.5, 0.6) is 5.88 Å². The molecular weight excluding hydrogens is 502 g/mol. The summed E-state index contributed by atoms with van der Waals surface area (Å²) >= 11 is 3.49. The number of carbonyl (C=O) groups excluding carboxylic acids is 1. The molecule has 10 nitrogen and oxygen atoms in total. The highest BCUT2D eigenvalue weighted by molar-refractivity contribution is 9.10. The summed E-state index contributed by atoms with van der Waals surface area (Å²) in [7, 11) is 0. The van der Waals surface area contributed by atoms with Crippen LogP contribution in [-0.2, 0) is 4.74 Å². The highest BCUT2D eigenvalue weighted by Crippen LogP contribution is 2.54. The maximum absolute atomic E-state index is 12.6. The molecule has 2 aliphatic rings. The molecule has 1 aliphatic heterocycles. The van der Waals surface area contributed by atoms with Crippen LogP contribution in [0, 0.1) is 10.9 Å². The van der Waals surface area contributed by atoms with Crippen LogP contribution in [0.25, 0.3) is 22.3 Å². The minimum absolute atomic E-state index is 0.0689. The minimum Gasteiger partial charge on any atom is -0.471 e. The van der Waals surface area contributed by atoms with Gasteiger partial charge in [-0.3, -0.25) is 4.98 Å². The lowest BCUT2D eigenvalue weighted by molar-refractivity contribution is -0.0120. The Balaban J connectivity index is 1.41. The number of hydrogen-bond donors (Lipinski definition) is 1. The number of carbonyl (C=O) groups is 1. The van der Waals surface area contributed by atoms with Crippen LogP contribution in [0.1, 0.15) is 40.0 Å². The summed E-state index contributed by atoms with van der Waals surface area (Å²) in [6, 6.07) is 5.62. The van der Waals surface area contributed by atoms with E-state index < -0.39 is 5.60 Å². The van der Waals surface area contributed by atoms with Crippen molar-refractivity contribution in [2.75, 3.05) is 13.1 Å². The first kappa shape index (κ1) is 22.7. The van der Waals surface area contributed by atoms with Gasteiger partial charge in [-0.25, -0.2) is 9.78 Å². The van der Waals surface area contributed by atoms with Gasteiger partial charge >= 0.3 is 6.09 Å². The van der Waals surface area contributed by atoms with Gasteiger partial charge in [0.15, 0.2) is 0 Å². The molecule has 2 fully saturated rings. The van der Waals surface area contributed by atoms with Gasteiger partial charge in [-0.15, -0.1) is 9.89 Å². The molecule has 1 N–H and O–H groups in total. The average molecular weight is 528 g/mol. The number of amides is 1.